The SMILES string of the molecule is CCCCCCCCCCCCC=CC=C1OC(=O)C1C=CCCCCCCCCCCCC. The zero-order valence-corrected chi connectivity index (χ0v) is 22.8. The van der Waals surface area contributed by atoms with E-state index in [1.807, 2.05) is 12.2 Å². The molecule has 1 aliphatic heterocycles. The third kappa shape index (κ3) is 17.2. The van der Waals surface area contributed by atoms with E-state index in [1.54, 1.807) is 0 Å². The van der Waals surface area contributed by atoms with E-state index in [0.717, 1.165) is 18.6 Å². The third-order valence-electron chi connectivity index (χ3n) is 6.95. The molecular weight excluding hydrogens is 416 g/mol. The smallest absolute Gasteiger partial charge is 0.325 e. The number of rotatable bonds is 24. The molecule has 196 valence electrons. The van der Waals surface area contributed by atoms with E-state index in [9.17, 15) is 4.79 Å². The first kappa shape index (κ1) is 30.7. The number of ether oxygens (including phenoxy) is 1. The fourth-order valence-electron chi connectivity index (χ4n) is 4.60. The lowest BCUT2D eigenvalue weighted by molar-refractivity contribution is -0.154. The van der Waals surface area contributed by atoms with Gasteiger partial charge in [-0.3, -0.25) is 4.79 Å². The summed E-state index contributed by atoms with van der Waals surface area (Å²) in [5, 5.41) is 0. The highest BCUT2D eigenvalue weighted by atomic mass is 16.6. The molecule has 1 fully saturated rings. The summed E-state index contributed by atoms with van der Waals surface area (Å²) in [6, 6.07) is 0. The van der Waals surface area contributed by atoms with E-state index in [-0.39, 0.29) is 11.9 Å². The number of hydrogen-bond acceptors (Lipinski definition) is 2. The maximum atomic E-state index is 11.8. The topological polar surface area (TPSA) is 26.3 Å². The molecular formula is C32H56O2. The summed E-state index contributed by atoms with van der Waals surface area (Å²) in [5.74, 6) is 0.558. The Morgan fingerprint density at radius 3 is 1.44 bits per heavy atom. The molecule has 0 aliphatic carbocycles. The van der Waals surface area contributed by atoms with Crippen LogP contribution >= 0.6 is 0 Å². The second-order valence-electron chi connectivity index (χ2n) is 10.3. The zero-order valence-electron chi connectivity index (χ0n) is 22.8. The van der Waals surface area contributed by atoms with Gasteiger partial charge in [0.2, 0.25) is 0 Å². The van der Waals surface area contributed by atoms with Gasteiger partial charge in [0.05, 0.1) is 0 Å². The molecule has 2 nitrogen and oxygen atoms in total. The van der Waals surface area contributed by atoms with Gasteiger partial charge in [0.15, 0.2) is 0 Å². The molecule has 1 saturated heterocycles. The van der Waals surface area contributed by atoms with Crippen molar-refractivity contribution in [3.63, 3.8) is 0 Å². The summed E-state index contributed by atoms with van der Waals surface area (Å²) in [6.45, 7) is 4.55. The van der Waals surface area contributed by atoms with Crippen molar-refractivity contribution in [2.24, 2.45) is 5.92 Å². The van der Waals surface area contributed by atoms with E-state index >= 15 is 0 Å². The first-order chi connectivity index (χ1) is 16.8. The van der Waals surface area contributed by atoms with Crippen LogP contribution in [0.5, 0.6) is 0 Å². The van der Waals surface area contributed by atoms with Gasteiger partial charge in [-0.15, -0.1) is 0 Å². The largest absolute Gasteiger partial charge is 0.429 e. The van der Waals surface area contributed by atoms with Crippen LogP contribution in [0.15, 0.2) is 36.1 Å². The van der Waals surface area contributed by atoms with Gasteiger partial charge >= 0.3 is 5.97 Å². The molecule has 0 aromatic heterocycles. The van der Waals surface area contributed by atoms with Crippen molar-refractivity contribution in [1.29, 1.82) is 0 Å². The summed E-state index contributed by atoms with van der Waals surface area (Å²) in [7, 11) is 0. The molecule has 1 atom stereocenters. The Kier molecular flexibility index (Phi) is 21.2. The van der Waals surface area contributed by atoms with Gasteiger partial charge in [-0.1, -0.05) is 154 Å². The van der Waals surface area contributed by atoms with Gasteiger partial charge in [-0.2, -0.15) is 0 Å². The first-order valence-electron chi connectivity index (χ1n) is 15.0. The van der Waals surface area contributed by atoms with Crippen molar-refractivity contribution in [3.8, 4) is 0 Å². The van der Waals surface area contributed by atoms with Crippen molar-refractivity contribution in [2.75, 3.05) is 0 Å². The summed E-state index contributed by atoms with van der Waals surface area (Å²) >= 11 is 0. The summed E-state index contributed by atoms with van der Waals surface area (Å²) in [6.07, 6.45) is 40.1. The standard InChI is InChI=1S/C32H56O2/c1-3-5-7-9-11-13-15-17-19-21-23-25-27-29-31-30(32(33)34-31)28-26-24-22-20-18-16-14-12-10-8-6-4-2/h25-30H,3-24H2,1-2H3. The highest BCUT2D eigenvalue weighted by Crippen LogP contribution is 2.28. The Hall–Kier alpha value is -1.31. The van der Waals surface area contributed by atoms with Gasteiger partial charge in [0.25, 0.3) is 0 Å². The maximum Gasteiger partial charge on any atom is 0.325 e. The molecule has 2 heteroatoms. The summed E-state index contributed by atoms with van der Waals surface area (Å²) in [5.41, 5.74) is 0. The van der Waals surface area contributed by atoms with Crippen LogP contribution in [0.2, 0.25) is 0 Å². The Labute approximate surface area is 212 Å². The van der Waals surface area contributed by atoms with Crippen LogP contribution < -0.4 is 0 Å². The number of cyclic esters (lactones) is 1. The fourth-order valence-corrected chi connectivity index (χ4v) is 4.60. The molecule has 34 heavy (non-hydrogen) atoms. The quantitative estimate of drug-likeness (QED) is 0.0793. The molecule has 0 spiro atoms. The van der Waals surface area contributed by atoms with Crippen LogP contribution in [0.4, 0.5) is 0 Å². The van der Waals surface area contributed by atoms with Crippen LogP contribution in [0, 0.1) is 5.92 Å². The Morgan fingerprint density at radius 1 is 0.588 bits per heavy atom. The first-order valence-corrected chi connectivity index (χ1v) is 15.0. The van der Waals surface area contributed by atoms with Crippen molar-refractivity contribution < 1.29 is 9.53 Å². The Morgan fingerprint density at radius 2 is 1.00 bits per heavy atom. The molecule has 0 bridgehead atoms. The molecule has 1 unspecified atom stereocenters. The highest BCUT2D eigenvalue weighted by molar-refractivity contribution is 5.85. The van der Waals surface area contributed by atoms with Crippen molar-refractivity contribution in [2.45, 2.75) is 155 Å². The molecule has 1 rings (SSSR count). The van der Waals surface area contributed by atoms with Crippen molar-refractivity contribution in [1.82, 2.24) is 0 Å². The third-order valence-corrected chi connectivity index (χ3v) is 6.95. The van der Waals surface area contributed by atoms with E-state index < -0.39 is 0 Å². The number of hydrogen-bond donors (Lipinski definition) is 0. The van der Waals surface area contributed by atoms with E-state index in [0.29, 0.717) is 0 Å². The van der Waals surface area contributed by atoms with Gasteiger partial charge in [0, 0.05) is 0 Å². The number of carbonyl (C=O) groups is 1. The lowest BCUT2D eigenvalue weighted by Crippen LogP contribution is -2.30. The molecule has 0 saturated carbocycles. The normalized spacial score (nSPS) is 17.2. The number of allylic oxidation sites excluding steroid dienone is 4. The Bertz CT molecular complexity index is 557. The zero-order chi connectivity index (χ0) is 24.5. The predicted molar refractivity (Wildman–Crippen MR) is 149 cm³/mol. The average molecular weight is 473 g/mol. The van der Waals surface area contributed by atoms with Crippen LogP contribution in [0.25, 0.3) is 0 Å². The maximum absolute atomic E-state index is 11.8. The van der Waals surface area contributed by atoms with Gasteiger partial charge in [-0.25, -0.2) is 0 Å². The van der Waals surface area contributed by atoms with Crippen molar-refractivity contribution >= 4 is 5.97 Å². The molecule has 0 aromatic carbocycles. The van der Waals surface area contributed by atoms with Crippen LogP contribution in [-0.2, 0) is 9.53 Å². The molecule has 0 N–H and O–H groups in total. The lowest BCUT2D eigenvalue weighted by atomic mass is 10.00. The predicted octanol–water partition coefficient (Wildman–Crippen LogP) is 10.8. The van der Waals surface area contributed by atoms with Crippen LogP contribution in [0.1, 0.15) is 155 Å². The number of unbranched alkanes of at least 4 members (excludes halogenated alkanes) is 20. The molecule has 0 radical (unpaired) electrons. The highest BCUT2D eigenvalue weighted by Gasteiger charge is 2.34. The van der Waals surface area contributed by atoms with Gasteiger partial charge in [-0.05, 0) is 31.8 Å². The van der Waals surface area contributed by atoms with Gasteiger partial charge < -0.3 is 4.74 Å². The summed E-state index contributed by atoms with van der Waals surface area (Å²) < 4.78 is 5.24. The minimum absolute atomic E-state index is 0.103. The van der Waals surface area contributed by atoms with Crippen LogP contribution in [0.3, 0.4) is 0 Å². The van der Waals surface area contributed by atoms with Crippen molar-refractivity contribution in [3.05, 3.63) is 36.1 Å². The second kappa shape index (κ2) is 23.4. The van der Waals surface area contributed by atoms with Gasteiger partial charge in [0.1, 0.15) is 11.7 Å². The number of esters is 1. The van der Waals surface area contributed by atoms with E-state index in [2.05, 4.69) is 32.1 Å². The average Bonchev–Trinajstić information content (AvgIpc) is 2.84. The fraction of sp³-hybridized carbons (Fsp3) is 0.781. The Balaban J connectivity index is 1.98. The minimum atomic E-state index is -0.148. The molecule has 1 aliphatic rings. The van der Waals surface area contributed by atoms with E-state index in [4.69, 9.17) is 4.74 Å². The van der Waals surface area contributed by atoms with E-state index in [1.165, 1.54) is 128 Å². The minimum Gasteiger partial charge on any atom is -0.429 e. The molecule has 1 heterocycles. The molecule has 0 aromatic rings. The lowest BCUT2D eigenvalue weighted by Gasteiger charge is -2.24. The molecule has 0 amide bonds. The second-order valence-corrected chi connectivity index (χ2v) is 10.3. The van der Waals surface area contributed by atoms with Crippen LogP contribution in [-0.4, -0.2) is 5.97 Å². The monoisotopic (exact) mass is 472 g/mol. The number of carbonyl (C=O) groups excluding carboxylic acids is 1. The summed E-state index contributed by atoms with van der Waals surface area (Å²) in [4.78, 5) is 11.8.